The average molecular weight is 836 g/mol. The van der Waals surface area contributed by atoms with Gasteiger partial charge in [0.1, 0.15) is 35.8 Å². The third kappa shape index (κ3) is 8.56. The summed E-state index contributed by atoms with van der Waals surface area (Å²) >= 11 is 0. The standard InChI is InChI=1S/C27H26N4O4.C17H19N3O4.ClH/c32-25-8-7-24(26(33)29-25)31-14-19-12-21(5-6-23(19)27(31)34)35-22-9-10-30(16-22)15-20-11-17-3-1-2-4-18(17)13-28-20;21-15-4-3-14(16(22)19-15)20-9-10-7-11(1-2-13(10)17(20)23)24-12-5-6-18-8-12;/h1-6,11-13,22,24H,7-10,14-16H2,(H,29,32,33);1-2,7,12,14,18H,3-6,8-9H2,(H,19,21,22);1H/t22-,24?;12-,14?;/m00./s1. The molecule has 16 heteroatoms. The van der Waals surface area contributed by atoms with Crippen LogP contribution in [0.2, 0.25) is 0 Å². The van der Waals surface area contributed by atoms with E-state index >= 15 is 0 Å². The van der Waals surface area contributed by atoms with Crippen LogP contribution in [0.4, 0.5) is 0 Å². The fraction of sp³-hybridized carbons (Fsp3) is 0.386. The Labute approximate surface area is 352 Å². The Morgan fingerprint density at radius 2 is 1.25 bits per heavy atom. The second-order valence-electron chi connectivity index (χ2n) is 16.0. The third-order valence-electron chi connectivity index (χ3n) is 11.9. The van der Waals surface area contributed by atoms with E-state index in [1.54, 1.807) is 21.9 Å². The maximum Gasteiger partial charge on any atom is 0.255 e. The number of imide groups is 2. The normalized spacial score (nSPS) is 23.7. The summed E-state index contributed by atoms with van der Waals surface area (Å²) in [7, 11) is 0. The molecule has 0 spiro atoms. The number of nitrogens with one attached hydrogen (secondary N) is 3. The van der Waals surface area contributed by atoms with Crippen LogP contribution in [0.5, 0.6) is 11.5 Å². The number of nitrogens with zero attached hydrogens (tertiary/aromatic N) is 4. The number of likely N-dealkylation sites (tertiary alicyclic amines) is 1. The van der Waals surface area contributed by atoms with E-state index in [0.29, 0.717) is 37.1 Å². The molecule has 0 aliphatic carbocycles. The molecule has 4 atom stereocenters. The molecule has 1 aromatic heterocycles. The molecule has 4 aromatic rings. The van der Waals surface area contributed by atoms with Gasteiger partial charge in [-0.15, -0.1) is 12.4 Å². The largest absolute Gasteiger partial charge is 0.489 e. The van der Waals surface area contributed by atoms with Gasteiger partial charge in [-0.2, -0.15) is 0 Å². The SMILES string of the molecule is Cl.O=C1CCC(N2Cc3cc(O[C@H]4CCN(Cc5cc6ccccc6cn5)C4)ccc3C2=O)C(=O)N1.O=C1CCC(N2Cc3cc(O[C@H]4CCNC4)ccc3C2=O)C(=O)N1. The smallest absolute Gasteiger partial charge is 0.255 e. The van der Waals surface area contributed by atoms with Crippen molar-refractivity contribution in [1.29, 1.82) is 0 Å². The zero-order valence-corrected chi connectivity index (χ0v) is 33.7. The number of hydrogen-bond donors (Lipinski definition) is 3. The summed E-state index contributed by atoms with van der Waals surface area (Å²) in [4.78, 5) is 82.6. The number of halogens is 1. The van der Waals surface area contributed by atoms with Crippen molar-refractivity contribution in [2.45, 2.75) is 82.5 Å². The molecule has 2 unspecified atom stereocenters. The van der Waals surface area contributed by atoms with Gasteiger partial charge in [-0.05, 0) is 91.2 Å². The summed E-state index contributed by atoms with van der Waals surface area (Å²) in [6, 6.07) is 20.2. The van der Waals surface area contributed by atoms with E-state index in [2.05, 4.69) is 44.0 Å². The molecule has 6 aliphatic rings. The zero-order chi connectivity index (χ0) is 40.6. The minimum atomic E-state index is -0.607. The van der Waals surface area contributed by atoms with Crippen molar-refractivity contribution in [3.05, 3.63) is 101 Å². The number of fused-ring (bicyclic) bond motifs is 3. The summed E-state index contributed by atoms with van der Waals surface area (Å²) < 4.78 is 12.2. The van der Waals surface area contributed by atoms with E-state index in [9.17, 15) is 28.8 Å². The van der Waals surface area contributed by atoms with Crippen molar-refractivity contribution in [2.75, 3.05) is 26.2 Å². The lowest BCUT2D eigenvalue weighted by atomic mass is 10.0. The quantitative estimate of drug-likeness (QED) is 0.222. The Kier molecular flexibility index (Phi) is 11.8. The second kappa shape index (κ2) is 17.4. The van der Waals surface area contributed by atoms with E-state index in [4.69, 9.17) is 9.47 Å². The van der Waals surface area contributed by atoms with Crippen LogP contribution in [0.15, 0.2) is 72.9 Å². The number of carbonyl (C=O) groups is 6. The van der Waals surface area contributed by atoms with Crippen molar-refractivity contribution in [3.63, 3.8) is 0 Å². The van der Waals surface area contributed by atoms with Crippen molar-refractivity contribution < 1.29 is 38.2 Å². The van der Waals surface area contributed by atoms with Gasteiger partial charge >= 0.3 is 0 Å². The van der Waals surface area contributed by atoms with Crippen molar-refractivity contribution in [1.82, 2.24) is 35.6 Å². The summed E-state index contributed by atoms with van der Waals surface area (Å²) in [5.41, 5.74) is 3.98. The number of pyridine rings is 1. The highest BCUT2D eigenvalue weighted by atomic mass is 35.5. The topological polar surface area (TPSA) is 180 Å². The lowest BCUT2D eigenvalue weighted by Crippen LogP contribution is -2.52. The number of ether oxygens (including phenoxy) is 2. The zero-order valence-electron chi connectivity index (χ0n) is 32.9. The molecule has 60 heavy (non-hydrogen) atoms. The Morgan fingerprint density at radius 3 is 1.82 bits per heavy atom. The predicted molar refractivity (Wildman–Crippen MR) is 220 cm³/mol. The molecule has 10 rings (SSSR count). The number of aromatic nitrogens is 1. The lowest BCUT2D eigenvalue weighted by Gasteiger charge is -2.29. The molecule has 6 amide bonds. The first kappa shape index (κ1) is 40.9. The summed E-state index contributed by atoms with van der Waals surface area (Å²) in [5.74, 6) is -0.191. The average Bonchev–Trinajstić information content (AvgIpc) is 4.03. The van der Waals surface area contributed by atoms with E-state index < -0.39 is 18.0 Å². The van der Waals surface area contributed by atoms with E-state index in [0.717, 1.165) is 79.3 Å². The second-order valence-corrected chi connectivity index (χ2v) is 16.0. The number of hydrogen-bond acceptors (Lipinski definition) is 11. The first-order valence-electron chi connectivity index (χ1n) is 20.3. The molecular formula is C44H46ClN7O8. The van der Waals surface area contributed by atoms with Crippen molar-refractivity contribution >= 4 is 58.6 Å². The monoisotopic (exact) mass is 835 g/mol. The third-order valence-corrected chi connectivity index (χ3v) is 11.9. The maximum absolute atomic E-state index is 12.9. The highest BCUT2D eigenvalue weighted by Gasteiger charge is 2.41. The molecule has 0 radical (unpaired) electrons. The Bertz CT molecular complexity index is 2370. The molecule has 312 valence electrons. The van der Waals surface area contributed by atoms with Gasteiger partial charge in [-0.1, -0.05) is 24.3 Å². The van der Waals surface area contributed by atoms with Gasteiger partial charge in [-0.25, -0.2) is 0 Å². The highest BCUT2D eigenvalue weighted by Crippen LogP contribution is 2.33. The summed E-state index contributed by atoms with van der Waals surface area (Å²) in [6.07, 6.45) is 5.29. The molecule has 0 saturated carbocycles. The Balaban J connectivity index is 0.000000175. The Morgan fingerprint density at radius 1 is 0.667 bits per heavy atom. The molecule has 4 fully saturated rings. The molecular weight excluding hydrogens is 790 g/mol. The van der Waals surface area contributed by atoms with Crippen LogP contribution in [-0.4, -0.2) is 106 Å². The molecule has 6 aliphatic heterocycles. The number of benzene rings is 3. The minimum Gasteiger partial charge on any atom is -0.489 e. The molecule has 3 N–H and O–H groups in total. The fourth-order valence-electron chi connectivity index (χ4n) is 8.84. The van der Waals surface area contributed by atoms with E-state index in [-0.39, 0.29) is 67.0 Å². The first-order valence-corrected chi connectivity index (χ1v) is 20.3. The molecule has 0 bridgehead atoms. The maximum atomic E-state index is 12.9. The van der Waals surface area contributed by atoms with Gasteiger partial charge in [0, 0.05) is 74.8 Å². The summed E-state index contributed by atoms with van der Waals surface area (Å²) in [6.45, 7) is 5.04. The number of rotatable bonds is 8. The molecule has 4 saturated heterocycles. The van der Waals surface area contributed by atoms with Crippen LogP contribution >= 0.6 is 12.4 Å². The minimum absolute atomic E-state index is 0. The van der Waals surface area contributed by atoms with Gasteiger partial charge in [0.15, 0.2) is 0 Å². The van der Waals surface area contributed by atoms with Crippen LogP contribution < -0.4 is 25.4 Å². The Hall–Kier alpha value is -5.90. The van der Waals surface area contributed by atoms with Gasteiger partial charge in [0.05, 0.1) is 5.69 Å². The van der Waals surface area contributed by atoms with Gasteiger partial charge < -0.3 is 24.6 Å². The summed E-state index contributed by atoms with van der Waals surface area (Å²) in [5, 5.41) is 10.2. The number of carbonyl (C=O) groups excluding carboxylic acids is 6. The van der Waals surface area contributed by atoms with Crippen LogP contribution in [0, 0.1) is 0 Å². The molecule has 15 nitrogen and oxygen atoms in total. The number of piperidine rings is 2. The molecule has 7 heterocycles. The highest BCUT2D eigenvalue weighted by molar-refractivity contribution is 6.06. The first-order chi connectivity index (χ1) is 28.6. The van der Waals surface area contributed by atoms with Gasteiger partial charge in [-0.3, -0.25) is 49.3 Å². The van der Waals surface area contributed by atoms with Gasteiger partial charge in [0.2, 0.25) is 23.6 Å². The van der Waals surface area contributed by atoms with Crippen molar-refractivity contribution in [2.24, 2.45) is 0 Å². The van der Waals surface area contributed by atoms with Crippen LogP contribution in [0.1, 0.15) is 76.1 Å². The lowest BCUT2D eigenvalue weighted by molar-refractivity contribution is -0.138. The van der Waals surface area contributed by atoms with Gasteiger partial charge in [0.25, 0.3) is 11.8 Å². The van der Waals surface area contributed by atoms with Crippen molar-refractivity contribution in [3.8, 4) is 11.5 Å². The van der Waals surface area contributed by atoms with Crippen LogP contribution in [0.3, 0.4) is 0 Å². The van der Waals surface area contributed by atoms with Crippen LogP contribution in [-0.2, 0) is 38.8 Å². The van der Waals surface area contributed by atoms with Crippen LogP contribution in [0.25, 0.3) is 10.8 Å². The predicted octanol–water partition coefficient (Wildman–Crippen LogP) is 3.26. The molecule has 3 aromatic carbocycles. The fourth-order valence-corrected chi connectivity index (χ4v) is 8.84. The van der Waals surface area contributed by atoms with E-state index in [1.807, 2.05) is 42.6 Å². The van der Waals surface area contributed by atoms with E-state index in [1.165, 1.54) is 5.39 Å². The number of amides is 6.